The van der Waals surface area contributed by atoms with Crippen molar-refractivity contribution < 1.29 is 13.2 Å². The van der Waals surface area contributed by atoms with Crippen LogP contribution in [0.5, 0.6) is 0 Å². The number of hydrogen-bond donors (Lipinski definition) is 1. The summed E-state index contributed by atoms with van der Waals surface area (Å²) in [5, 5.41) is 8.90. The molecule has 1 fully saturated rings. The van der Waals surface area contributed by atoms with Gasteiger partial charge in [0.1, 0.15) is 5.82 Å². The second-order valence-corrected chi connectivity index (χ2v) is 12.2. The Morgan fingerprint density at radius 1 is 1.03 bits per heavy atom. The van der Waals surface area contributed by atoms with Crippen molar-refractivity contribution in [3.05, 3.63) is 86.7 Å². The molecule has 2 aromatic carbocycles. The van der Waals surface area contributed by atoms with Crippen molar-refractivity contribution in [2.45, 2.75) is 37.5 Å². The minimum absolute atomic E-state index is 0.0336. The molecular weight excluding hydrogens is 578 g/mol. The average Bonchev–Trinajstić information content (AvgIpc) is 3.29. The fourth-order valence-corrected chi connectivity index (χ4v) is 6.33. The molecule has 4 aromatic rings. The van der Waals surface area contributed by atoms with Crippen LogP contribution in [0.2, 0.25) is 5.02 Å². The van der Waals surface area contributed by atoms with E-state index < -0.39 is 10.0 Å². The van der Waals surface area contributed by atoms with Gasteiger partial charge in [0.25, 0.3) is 15.9 Å². The lowest BCUT2D eigenvalue weighted by atomic mass is 9.95. The lowest BCUT2D eigenvalue weighted by Crippen LogP contribution is -2.38. The molecule has 0 unspecified atom stereocenters. The molecule has 1 aliphatic heterocycles. The van der Waals surface area contributed by atoms with Gasteiger partial charge in [-0.3, -0.25) is 13.9 Å². The largest absolute Gasteiger partial charge is 0.339 e. The van der Waals surface area contributed by atoms with Crippen LogP contribution in [0, 0.1) is 13.8 Å². The highest BCUT2D eigenvalue weighted by Crippen LogP contribution is 2.31. The Kier molecular flexibility index (Phi) is 6.99. The fraction of sp³-hybridized carbons (Fsp3) is 0.269. The van der Waals surface area contributed by atoms with Crippen LogP contribution in [-0.2, 0) is 10.0 Å². The Balaban J connectivity index is 1.33. The maximum atomic E-state index is 13.4. The highest BCUT2D eigenvalue weighted by Gasteiger charge is 2.29. The number of hydrogen-bond acceptors (Lipinski definition) is 5. The Bertz CT molecular complexity index is 1610. The van der Waals surface area contributed by atoms with E-state index in [0.717, 1.165) is 35.4 Å². The number of aromatic nitrogens is 3. The normalized spacial score (nSPS) is 14.8. The van der Waals surface area contributed by atoms with Gasteiger partial charge in [0.2, 0.25) is 0 Å². The number of likely N-dealkylation sites (tertiary alicyclic amines) is 1. The zero-order valence-corrected chi connectivity index (χ0v) is 23.4. The Morgan fingerprint density at radius 3 is 2.51 bits per heavy atom. The van der Waals surface area contributed by atoms with Gasteiger partial charge in [0.05, 0.1) is 21.2 Å². The summed E-state index contributed by atoms with van der Waals surface area (Å²) in [5.74, 6) is 0.765. The maximum absolute atomic E-state index is 13.4. The summed E-state index contributed by atoms with van der Waals surface area (Å²) in [7, 11) is -3.95. The van der Waals surface area contributed by atoms with Gasteiger partial charge >= 0.3 is 0 Å². The molecule has 192 valence electrons. The lowest BCUT2D eigenvalue weighted by Gasteiger charge is -2.31. The first-order valence-electron chi connectivity index (χ1n) is 11.8. The van der Waals surface area contributed by atoms with Gasteiger partial charge in [-0.15, -0.1) is 10.2 Å². The molecule has 2 aromatic heterocycles. The fourth-order valence-electron chi connectivity index (χ4n) is 4.56. The number of halogens is 2. The number of amides is 1. The summed E-state index contributed by atoms with van der Waals surface area (Å²) in [6, 6.07) is 13.6. The molecule has 1 amide bonds. The number of sulfonamides is 1. The third-order valence-electron chi connectivity index (χ3n) is 6.58. The number of anilines is 1. The number of carbonyl (C=O) groups is 1. The molecule has 0 aliphatic carbocycles. The summed E-state index contributed by atoms with van der Waals surface area (Å²) in [4.78, 5) is 15.1. The SMILES string of the molecule is Cc1ccc(Br)c(NS(=O)(=O)c2ccc(Cl)c(C(=O)N3CCC(c4nnc5cc(C)ccn45)CC3)c2)c1. The molecule has 37 heavy (non-hydrogen) atoms. The van der Waals surface area contributed by atoms with E-state index in [9.17, 15) is 13.2 Å². The van der Waals surface area contributed by atoms with Gasteiger partial charge in [-0.2, -0.15) is 0 Å². The molecule has 0 atom stereocenters. The molecule has 0 bridgehead atoms. The Morgan fingerprint density at radius 2 is 1.76 bits per heavy atom. The monoisotopic (exact) mass is 601 g/mol. The van der Waals surface area contributed by atoms with Crippen LogP contribution >= 0.6 is 27.5 Å². The molecule has 1 saturated heterocycles. The van der Waals surface area contributed by atoms with Gasteiger partial charge in [-0.1, -0.05) is 17.7 Å². The van der Waals surface area contributed by atoms with Crippen molar-refractivity contribution in [1.29, 1.82) is 0 Å². The van der Waals surface area contributed by atoms with Crippen LogP contribution in [0.15, 0.2) is 64.1 Å². The molecule has 0 spiro atoms. The van der Waals surface area contributed by atoms with E-state index in [-0.39, 0.29) is 27.3 Å². The van der Waals surface area contributed by atoms with Crippen LogP contribution in [-0.4, -0.2) is 46.9 Å². The summed E-state index contributed by atoms with van der Waals surface area (Å²) in [6.07, 6.45) is 3.42. The first kappa shape index (κ1) is 25.7. The number of piperidine rings is 1. The van der Waals surface area contributed by atoms with E-state index >= 15 is 0 Å². The Hall–Kier alpha value is -2.95. The average molecular weight is 603 g/mol. The van der Waals surface area contributed by atoms with Gasteiger partial charge in [-0.25, -0.2) is 8.42 Å². The number of aryl methyl sites for hydroxylation is 2. The summed E-state index contributed by atoms with van der Waals surface area (Å²) in [6.45, 7) is 4.90. The quantitative estimate of drug-likeness (QED) is 0.322. The minimum Gasteiger partial charge on any atom is -0.339 e. The molecule has 1 N–H and O–H groups in total. The number of rotatable bonds is 5. The second kappa shape index (κ2) is 10.1. The molecule has 1 aliphatic rings. The van der Waals surface area contributed by atoms with Crippen LogP contribution in [0.25, 0.3) is 5.65 Å². The van der Waals surface area contributed by atoms with Gasteiger partial charge < -0.3 is 4.90 Å². The standard InChI is InChI=1S/C26H25BrClN5O3S/c1-16-3-5-21(27)23(13-16)31-37(35,36)19-4-6-22(28)20(15-19)26(34)32-10-8-18(9-11-32)25-30-29-24-14-17(2)7-12-33(24)25/h3-7,12-15,18,31H,8-11H2,1-2H3. The lowest BCUT2D eigenvalue weighted by molar-refractivity contribution is 0.0711. The highest BCUT2D eigenvalue weighted by molar-refractivity contribution is 9.10. The van der Waals surface area contributed by atoms with Crippen LogP contribution in [0.4, 0.5) is 5.69 Å². The van der Waals surface area contributed by atoms with Crippen LogP contribution < -0.4 is 4.72 Å². The maximum Gasteiger partial charge on any atom is 0.261 e. The highest BCUT2D eigenvalue weighted by atomic mass is 79.9. The predicted octanol–water partition coefficient (Wildman–Crippen LogP) is 5.58. The van der Waals surface area contributed by atoms with E-state index in [1.165, 1.54) is 18.2 Å². The number of pyridine rings is 1. The summed E-state index contributed by atoms with van der Waals surface area (Å²) in [5.41, 5.74) is 3.42. The van der Waals surface area contributed by atoms with Gasteiger partial charge in [0.15, 0.2) is 5.65 Å². The molecule has 8 nitrogen and oxygen atoms in total. The van der Waals surface area contributed by atoms with E-state index in [0.29, 0.717) is 23.2 Å². The first-order chi connectivity index (χ1) is 17.6. The number of nitrogens with zero attached hydrogens (tertiary/aromatic N) is 4. The van der Waals surface area contributed by atoms with Gasteiger partial charge in [-0.05, 0) is 96.2 Å². The topological polar surface area (TPSA) is 96.7 Å². The zero-order chi connectivity index (χ0) is 26.3. The number of fused-ring (bicyclic) bond motifs is 1. The van der Waals surface area contributed by atoms with Crippen molar-refractivity contribution in [1.82, 2.24) is 19.5 Å². The van der Waals surface area contributed by atoms with E-state index in [1.54, 1.807) is 17.0 Å². The minimum atomic E-state index is -3.95. The van der Waals surface area contributed by atoms with E-state index in [1.807, 2.05) is 42.6 Å². The molecule has 0 saturated carbocycles. The van der Waals surface area contributed by atoms with Crippen LogP contribution in [0.1, 0.15) is 46.1 Å². The van der Waals surface area contributed by atoms with E-state index in [4.69, 9.17) is 11.6 Å². The number of benzene rings is 2. The third-order valence-corrected chi connectivity index (χ3v) is 8.97. The molecule has 3 heterocycles. The summed E-state index contributed by atoms with van der Waals surface area (Å²) < 4.78 is 31.4. The summed E-state index contributed by atoms with van der Waals surface area (Å²) >= 11 is 9.74. The number of nitrogens with one attached hydrogen (secondary N) is 1. The molecule has 0 radical (unpaired) electrons. The molecule has 5 rings (SSSR count). The molecular formula is C26H25BrClN5O3S. The van der Waals surface area contributed by atoms with Crippen molar-refractivity contribution in [3.63, 3.8) is 0 Å². The van der Waals surface area contributed by atoms with Crippen molar-refractivity contribution >= 4 is 54.8 Å². The number of carbonyl (C=O) groups excluding carboxylic acids is 1. The second-order valence-electron chi connectivity index (χ2n) is 9.29. The Labute approximate surface area is 228 Å². The van der Waals surface area contributed by atoms with Crippen molar-refractivity contribution in [2.75, 3.05) is 17.8 Å². The smallest absolute Gasteiger partial charge is 0.261 e. The first-order valence-corrected chi connectivity index (χ1v) is 14.5. The van der Waals surface area contributed by atoms with Gasteiger partial charge in [0, 0.05) is 29.7 Å². The molecule has 11 heteroatoms. The third kappa shape index (κ3) is 5.23. The predicted molar refractivity (Wildman–Crippen MR) is 147 cm³/mol. The van der Waals surface area contributed by atoms with Crippen LogP contribution in [0.3, 0.4) is 0 Å². The van der Waals surface area contributed by atoms with Crippen molar-refractivity contribution in [3.8, 4) is 0 Å². The zero-order valence-electron chi connectivity index (χ0n) is 20.3. The van der Waals surface area contributed by atoms with Crippen molar-refractivity contribution in [2.24, 2.45) is 0 Å². The van der Waals surface area contributed by atoms with E-state index in [2.05, 4.69) is 30.8 Å².